The van der Waals surface area contributed by atoms with E-state index in [4.69, 9.17) is 0 Å². The fraction of sp³-hybridized carbons (Fsp3) is 0.462. The van der Waals surface area contributed by atoms with Crippen LogP contribution in [0.3, 0.4) is 0 Å². The predicted molar refractivity (Wildman–Crippen MR) is 67.9 cm³/mol. The normalized spacial score (nSPS) is 28.0. The van der Waals surface area contributed by atoms with Gasteiger partial charge in [-0.1, -0.05) is 12.2 Å². The minimum Gasteiger partial charge on any atom is -0.245 e. The lowest BCUT2D eigenvalue weighted by molar-refractivity contribution is 0.466. The highest BCUT2D eigenvalue weighted by molar-refractivity contribution is 5.94. The van der Waals surface area contributed by atoms with Crippen molar-refractivity contribution in [2.45, 2.75) is 26.7 Å². The minimum absolute atomic E-state index is 0.601. The van der Waals surface area contributed by atoms with E-state index < -0.39 is 0 Å². The Morgan fingerprint density at radius 1 is 1.29 bits per heavy atom. The van der Waals surface area contributed by atoms with E-state index in [0.717, 1.165) is 30.1 Å². The van der Waals surface area contributed by atoms with Gasteiger partial charge in [0.2, 0.25) is 5.95 Å². The van der Waals surface area contributed by atoms with Crippen LogP contribution < -0.4 is 5.43 Å². The summed E-state index contributed by atoms with van der Waals surface area (Å²) in [6.45, 7) is 3.93. The van der Waals surface area contributed by atoms with Gasteiger partial charge in [-0.25, -0.2) is 15.4 Å². The lowest BCUT2D eigenvalue weighted by atomic mass is 9.74. The molecule has 0 saturated heterocycles. The summed E-state index contributed by atoms with van der Waals surface area (Å²) in [4.78, 5) is 8.61. The van der Waals surface area contributed by atoms with Crippen LogP contribution in [-0.4, -0.2) is 15.7 Å². The van der Waals surface area contributed by atoms with E-state index in [0.29, 0.717) is 11.9 Å². The molecule has 0 unspecified atom stereocenters. The zero-order chi connectivity index (χ0) is 11.8. The summed E-state index contributed by atoms with van der Waals surface area (Å²) in [5.74, 6) is 1.97. The van der Waals surface area contributed by atoms with E-state index >= 15 is 0 Å². The van der Waals surface area contributed by atoms with Gasteiger partial charge in [0.05, 0.1) is 0 Å². The number of rotatable bonds is 2. The van der Waals surface area contributed by atoms with Crippen molar-refractivity contribution in [3.63, 3.8) is 0 Å². The van der Waals surface area contributed by atoms with Crippen LogP contribution in [0.2, 0.25) is 0 Å². The molecular formula is C13H16N4. The molecule has 0 amide bonds. The molecule has 2 aliphatic rings. The third-order valence-corrected chi connectivity index (χ3v) is 3.44. The fourth-order valence-electron chi connectivity index (χ4n) is 2.56. The molecule has 2 atom stereocenters. The average molecular weight is 228 g/mol. The monoisotopic (exact) mass is 228 g/mol. The van der Waals surface area contributed by atoms with Gasteiger partial charge in [0.1, 0.15) is 0 Å². The Balaban J connectivity index is 1.70. The molecule has 1 fully saturated rings. The van der Waals surface area contributed by atoms with Crippen molar-refractivity contribution in [3.8, 4) is 0 Å². The number of hydrogen-bond donors (Lipinski definition) is 1. The van der Waals surface area contributed by atoms with E-state index in [2.05, 4.69) is 32.6 Å². The van der Waals surface area contributed by atoms with E-state index in [9.17, 15) is 0 Å². The van der Waals surface area contributed by atoms with E-state index in [1.165, 1.54) is 5.71 Å². The number of hydrogen-bond acceptors (Lipinski definition) is 4. The predicted octanol–water partition coefficient (Wildman–Crippen LogP) is 2.46. The third-order valence-electron chi connectivity index (χ3n) is 3.44. The molecule has 0 bridgehead atoms. The molecule has 2 aliphatic carbocycles. The summed E-state index contributed by atoms with van der Waals surface area (Å²) in [7, 11) is 0. The molecule has 1 N–H and O–H groups in total. The molecular weight excluding hydrogens is 212 g/mol. The van der Waals surface area contributed by atoms with Gasteiger partial charge in [0.15, 0.2) is 0 Å². The van der Waals surface area contributed by atoms with E-state index in [1.54, 1.807) is 0 Å². The van der Waals surface area contributed by atoms with Gasteiger partial charge in [0, 0.05) is 23.0 Å². The molecule has 4 heteroatoms. The lowest BCUT2D eigenvalue weighted by Gasteiger charge is -2.31. The highest BCUT2D eigenvalue weighted by atomic mass is 15.4. The summed E-state index contributed by atoms with van der Waals surface area (Å²) in [6.07, 6.45) is 6.78. The number of hydrazone groups is 1. The van der Waals surface area contributed by atoms with Crippen LogP contribution in [0.1, 0.15) is 24.2 Å². The SMILES string of the molecule is Cc1cc(C)nc(N/N=C2\C[C@H]3C=CC[C@H]23)n1. The van der Waals surface area contributed by atoms with Crippen molar-refractivity contribution < 1.29 is 0 Å². The van der Waals surface area contributed by atoms with Crippen molar-refractivity contribution in [1.29, 1.82) is 0 Å². The smallest absolute Gasteiger partial charge is 0.243 e. The first-order chi connectivity index (χ1) is 8.22. The van der Waals surface area contributed by atoms with Crippen LogP contribution in [-0.2, 0) is 0 Å². The number of nitrogens with zero attached hydrogens (tertiary/aromatic N) is 3. The number of allylic oxidation sites excluding steroid dienone is 2. The molecule has 1 aromatic rings. The highest BCUT2D eigenvalue weighted by Crippen LogP contribution is 2.40. The van der Waals surface area contributed by atoms with Gasteiger partial charge in [-0.05, 0) is 38.7 Å². The Morgan fingerprint density at radius 3 is 2.76 bits per heavy atom. The van der Waals surface area contributed by atoms with Crippen molar-refractivity contribution >= 4 is 11.7 Å². The van der Waals surface area contributed by atoms with Crippen LogP contribution in [0.15, 0.2) is 23.3 Å². The van der Waals surface area contributed by atoms with Crippen molar-refractivity contribution in [1.82, 2.24) is 9.97 Å². The second-order valence-electron chi connectivity index (χ2n) is 4.83. The van der Waals surface area contributed by atoms with Crippen LogP contribution >= 0.6 is 0 Å². The van der Waals surface area contributed by atoms with Gasteiger partial charge >= 0.3 is 0 Å². The molecule has 0 aromatic carbocycles. The fourth-order valence-corrected chi connectivity index (χ4v) is 2.56. The Morgan fingerprint density at radius 2 is 2.06 bits per heavy atom. The molecule has 17 heavy (non-hydrogen) atoms. The molecule has 1 heterocycles. The maximum absolute atomic E-state index is 4.43. The van der Waals surface area contributed by atoms with Crippen LogP contribution in [0.4, 0.5) is 5.95 Å². The van der Waals surface area contributed by atoms with Crippen molar-refractivity contribution in [2.24, 2.45) is 16.9 Å². The van der Waals surface area contributed by atoms with Gasteiger partial charge in [-0.3, -0.25) is 0 Å². The topological polar surface area (TPSA) is 50.2 Å². The standard InChI is InChI=1S/C13H16N4/c1-8-6-9(2)15-13(14-8)17-16-12-7-10-4-3-5-11(10)12/h3-4,6,10-11H,5,7H2,1-2H3,(H,14,15,17)/b16-12+/t10-,11+/m1/s1. The number of nitrogens with one attached hydrogen (secondary N) is 1. The Bertz CT molecular complexity index is 484. The Hall–Kier alpha value is -1.71. The van der Waals surface area contributed by atoms with Crippen LogP contribution in [0.25, 0.3) is 0 Å². The van der Waals surface area contributed by atoms with Crippen LogP contribution in [0, 0.1) is 25.7 Å². The summed E-state index contributed by atoms with van der Waals surface area (Å²) in [6, 6.07) is 1.96. The Labute approximate surface area is 101 Å². The first-order valence-electron chi connectivity index (χ1n) is 6.04. The zero-order valence-electron chi connectivity index (χ0n) is 10.1. The maximum Gasteiger partial charge on any atom is 0.243 e. The van der Waals surface area contributed by atoms with Crippen LogP contribution in [0.5, 0.6) is 0 Å². The second kappa shape index (κ2) is 3.95. The van der Waals surface area contributed by atoms with Gasteiger partial charge in [-0.15, -0.1) is 0 Å². The third kappa shape index (κ3) is 1.95. The zero-order valence-corrected chi connectivity index (χ0v) is 10.1. The highest BCUT2D eigenvalue weighted by Gasteiger charge is 2.37. The molecule has 88 valence electrons. The number of anilines is 1. The number of aromatic nitrogens is 2. The lowest BCUT2D eigenvalue weighted by Crippen LogP contribution is -2.33. The molecule has 1 saturated carbocycles. The molecule has 4 nitrogen and oxygen atoms in total. The summed E-state index contributed by atoms with van der Waals surface area (Å²) >= 11 is 0. The van der Waals surface area contributed by atoms with Gasteiger partial charge in [-0.2, -0.15) is 5.10 Å². The number of aryl methyl sites for hydroxylation is 2. The molecule has 1 aromatic heterocycles. The second-order valence-corrected chi connectivity index (χ2v) is 4.83. The molecule has 3 rings (SSSR count). The first-order valence-corrected chi connectivity index (χ1v) is 6.04. The first kappa shape index (κ1) is 10.4. The van der Waals surface area contributed by atoms with Crippen molar-refractivity contribution in [3.05, 3.63) is 29.6 Å². The van der Waals surface area contributed by atoms with E-state index in [1.807, 2.05) is 19.9 Å². The average Bonchev–Trinajstić information content (AvgIpc) is 2.59. The summed E-state index contributed by atoms with van der Waals surface area (Å²) < 4.78 is 0. The minimum atomic E-state index is 0.601. The summed E-state index contributed by atoms with van der Waals surface area (Å²) in [5.41, 5.74) is 6.17. The van der Waals surface area contributed by atoms with E-state index in [-0.39, 0.29) is 0 Å². The van der Waals surface area contributed by atoms with Crippen molar-refractivity contribution in [2.75, 3.05) is 5.43 Å². The largest absolute Gasteiger partial charge is 0.245 e. The Kier molecular flexibility index (Phi) is 2.42. The molecule has 0 aliphatic heterocycles. The summed E-state index contributed by atoms with van der Waals surface area (Å²) in [5, 5.41) is 4.43. The quantitative estimate of drug-likeness (QED) is 0.625. The molecule has 0 radical (unpaired) electrons. The number of fused-ring (bicyclic) bond motifs is 1. The van der Waals surface area contributed by atoms with Gasteiger partial charge in [0.25, 0.3) is 0 Å². The molecule has 0 spiro atoms. The maximum atomic E-state index is 4.43. The van der Waals surface area contributed by atoms with Gasteiger partial charge < -0.3 is 0 Å².